The molecule has 0 spiro atoms. The van der Waals surface area contributed by atoms with E-state index < -0.39 is 0 Å². The molecule has 0 saturated heterocycles. The lowest BCUT2D eigenvalue weighted by Crippen LogP contribution is -1.74. The molecule has 0 N–H and O–H groups in total. The molecule has 0 aliphatic heterocycles. The third kappa shape index (κ3) is 6.20. The Bertz CT molecular complexity index is 86.9. The number of hydrogen-bond donors (Lipinski definition) is 0. The zero-order chi connectivity index (χ0) is 7.11. The molecule has 0 aliphatic rings. The highest BCUT2D eigenvalue weighted by molar-refractivity contribution is 6.30. The third-order valence-electron chi connectivity index (χ3n) is 0.988. The zero-order valence-corrected chi connectivity index (χ0v) is 7.17. The molecule has 0 nitrogen and oxygen atoms in total. The summed E-state index contributed by atoms with van der Waals surface area (Å²) in [6.07, 6.45) is 5.06. The van der Waals surface area contributed by atoms with E-state index in [0.717, 1.165) is 24.3 Å². The Morgan fingerprint density at radius 3 is 2.67 bits per heavy atom. The molecule has 2 heteroatoms. The Morgan fingerprint density at radius 2 is 2.22 bits per heavy atom. The molecule has 0 aromatic carbocycles. The average molecular weight is 167 g/mol. The van der Waals surface area contributed by atoms with Crippen molar-refractivity contribution >= 4 is 23.2 Å². The van der Waals surface area contributed by atoms with Crippen molar-refractivity contribution in [3.8, 4) is 0 Å². The van der Waals surface area contributed by atoms with Crippen LogP contribution >= 0.6 is 23.2 Å². The van der Waals surface area contributed by atoms with Gasteiger partial charge in [-0.2, -0.15) is 0 Å². The lowest BCUT2D eigenvalue weighted by atomic mass is 10.3. The molecule has 0 fully saturated rings. The Morgan fingerprint density at radius 1 is 1.56 bits per heavy atom. The first kappa shape index (κ1) is 9.32. The molecule has 0 amide bonds. The van der Waals surface area contributed by atoms with Gasteiger partial charge in [0.25, 0.3) is 0 Å². The quantitative estimate of drug-likeness (QED) is 0.561. The highest BCUT2D eigenvalue weighted by Crippen LogP contribution is 2.09. The number of unbranched alkanes of at least 4 members (excludes halogenated alkanes) is 1. The maximum Gasteiger partial charge on any atom is 0.0272 e. The Hall–Kier alpha value is 0.320. The van der Waals surface area contributed by atoms with E-state index in [1.807, 2.05) is 6.08 Å². The first-order valence-corrected chi connectivity index (χ1v) is 4.13. The monoisotopic (exact) mass is 166 g/mol. The summed E-state index contributed by atoms with van der Waals surface area (Å²) < 4.78 is 0. The minimum atomic E-state index is 0.624. The van der Waals surface area contributed by atoms with E-state index in [4.69, 9.17) is 23.2 Å². The van der Waals surface area contributed by atoms with Crippen molar-refractivity contribution in [2.45, 2.75) is 26.2 Å². The van der Waals surface area contributed by atoms with Gasteiger partial charge in [0.1, 0.15) is 0 Å². The predicted octanol–water partition coefficient (Wildman–Crippen LogP) is 3.54. The standard InChI is InChI=1S/C7H12Cl2/c1-2-3-4-7(9)5-6-8/h4H,2-3,5-6H2,1H3/b7-4+. The molecule has 0 heterocycles. The van der Waals surface area contributed by atoms with Gasteiger partial charge in [-0.1, -0.05) is 31.0 Å². The summed E-state index contributed by atoms with van der Waals surface area (Å²) in [7, 11) is 0. The smallest absolute Gasteiger partial charge is 0.0272 e. The Kier molecular flexibility index (Phi) is 6.67. The second-order valence-corrected chi connectivity index (χ2v) is 2.74. The fourth-order valence-electron chi connectivity index (χ4n) is 0.493. The summed E-state index contributed by atoms with van der Waals surface area (Å²) in [4.78, 5) is 0. The first-order chi connectivity index (χ1) is 4.31. The topological polar surface area (TPSA) is 0 Å². The number of halogens is 2. The molecule has 0 aliphatic carbocycles. The van der Waals surface area contributed by atoms with E-state index in [1.165, 1.54) is 0 Å². The van der Waals surface area contributed by atoms with Crippen LogP contribution in [0.15, 0.2) is 11.1 Å². The van der Waals surface area contributed by atoms with E-state index >= 15 is 0 Å². The van der Waals surface area contributed by atoms with Crippen LogP contribution in [0.1, 0.15) is 26.2 Å². The summed E-state index contributed by atoms with van der Waals surface area (Å²) in [5, 5.41) is 0.895. The zero-order valence-electron chi connectivity index (χ0n) is 5.66. The third-order valence-corrected chi connectivity index (χ3v) is 1.52. The molecule has 0 rings (SSSR count). The van der Waals surface area contributed by atoms with E-state index in [0.29, 0.717) is 5.88 Å². The normalized spacial score (nSPS) is 12.1. The van der Waals surface area contributed by atoms with Gasteiger partial charge in [0, 0.05) is 10.9 Å². The van der Waals surface area contributed by atoms with Gasteiger partial charge in [-0.15, -0.1) is 11.6 Å². The SMILES string of the molecule is CCC/C=C(/Cl)CCCl. The molecule has 0 aromatic heterocycles. The predicted molar refractivity (Wildman–Crippen MR) is 44.2 cm³/mol. The second kappa shape index (κ2) is 6.44. The van der Waals surface area contributed by atoms with Gasteiger partial charge in [0.05, 0.1) is 0 Å². The van der Waals surface area contributed by atoms with Crippen molar-refractivity contribution in [2.75, 3.05) is 5.88 Å². The van der Waals surface area contributed by atoms with Crippen molar-refractivity contribution in [1.29, 1.82) is 0 Å². The van der Waals surface area contributed by atoms with Crippen LogP contribution in [0.5, 0.6) is 0 Å². The van der Waals surface area contributed by atoms with Gasteiger partial charge in [0.2, 0.25) is 0 Å². The highest BCUT2D eigenvalue weighted by Gasteiger charge is 1.87. The van der Waals surface area contributed by atoms with Gasteiger partial charge in [0.15, 0.2) is 0 Å². The summed E-state index contributed by atoms with van der Waals surface area (Å²) in [6.45, 7) is 2.13. The largest absolute Gasteiger partial charge is 0.126 e. The second-order valence-electron chi connectivity index (χ2n) is 1.88. The minimum Gasteiger partial charge on any atom is -0.126 e. The fourth-order valence-corrected chi connectivity index (χ4v) is 0.997. The van der Waals surface area contributed by atoms with Crippen LogP contribution in [0, 0.1) is 0 Å². The Labute approximate surface area is 66.8 Å². The number of hydrogen-bond acceptors (Lipinski definition) is 0. The average Bonchev–Trinajstić information content (AvgIpc) is 1.85. The van der Waals surface area contributed by atoms with Crippen LogP contribution in [0.3, 0.4) is 0 Å². The fraction of sp³-hybridized carbons (Fsp3) is 0.714. The lowest BCUT2D eigenvalue weighted by molar-refractivity contribution is 0.948. The van der Waals surface area contributed by atoms with E-state index in [-0.39, 0.29) is 0 Å². The maximum atomic E-state index is 5.74. The summed E-state index contributed by atoms with van der Waals surface area (Å²) >= 11 is 11.2. The number of rotatable bonds is 4. The van der Waals surface area contributed by atoms with Gasteiger partial charge < -0.3 is 0 Å². The van der Waals surface area contributed by atoms with E-state index in [1.54, 1.807) is 0 Å². The molecule has 9 heavy (non-hydrogen) atoms. The molecular weight excluding hydrogens is 155 g/mol. The Balaban J connectivity index is 3.30. The van der Waals surface area contributed by atoms with Crippen LogP contribution in [0.4, 0.5) is 0 Å². The van der Waals surface area contributed by atoms with Crippen molar-refractivity contribution in [1.82, 2.24) is 0 Å². The molecule has 0 bridgehead atoms. The molecule has 54 valence electrons. The molecule has 0 radical (unpaired) electrons. The maximum absolute atomic E-state index is 5.74. The van der Waals surface area contributed by atoms with Gasteiger partial charge in [-0.25, -0.2) is 0 Å². The molecule has 0 saturated carbocycles. The van der Waals surface area contributed by atoms with Gasteiger partial charge in [-0.05, 0) is 12.8 Å². The van der Waals surface area contributed by atoms with Crippen LogP contribution < -0.4 is 0 Å². The molecule has 0 unspecified atom stereocenters. The van der Waals surface area contributed by atoms with Crippen molar-refractivity contribution in [3.63, 3.8) is 0 Å². The van der Waals surface area contributed by atoms with Crippen molar-refractivity contribution in [3.05, 3.63) is 11.1 Å². The summed E-state index contributed by atoms with van der Waals surface area (Å²) in [5.74, 6) is 0.624. The summed E-state index contributed by atoms with van der Waals surface area (Å²) in [5.41, 5.74) is 0. The minimum absolute atomic E-state index is 0.624. The number of allylic oxidation sites excluding steroid dienone is 2. The lowest BCUT2D eigenvalue weighted by Gasteiger charge is -1.91. The van der Waals surface area contributed by atoms with Crippen LogP contribution in [-0.4, -0.2) is 5.88 Å². The van der Waals surface area contributed by atoms with Crippen molar-refractivity contribution < 1.29 is 0 Å². The molecule has 0 aromatic rings. The van der Waals surface area contributed by atoms with Gasteiger partial charge in [-0.3, -0.25) is 0 Å². The highest BCUT2D eigenvalue weighted by atomic mass is 35.5. The molecular formula is C7H12Cl2. The van der Waals surface area contributed by atoms with Crippen LogP contribution in [0.25, 0.3) is 0 Å². The van der Waals surface area contributed by atoms with Crippen molar-refractivity contribution in [2.24, 2.45) is 0 Å². The summed E-state index contributed by atoms with van der Waals surface area (Å²) in [6, 6.07) is 0. The van der Waals surface area contributed by atoms with E-state index in [9.17, 15) is 0 Å². The molecule has 0 atom stereocenters. The van der Waals surface area contributed by atoms with Crippen LogP contribution in [-0.2, 0) is 0 Å². The van der Waals surface area contributed by atoms with E-state index in [2.05, 4.69) is 6.92 Å². The number of alkyl halides is 1. The first-order valence-electron chi connectivity index (χ1n) is 3.21. The van der Waals surface area contributed by atoms with Gasteiger partial charge >= 0.3 is 0 Å². The van der Waals surface area contributed by atoms with Crippen LogP contribution in [0.2, 0.25) is 0 Å².